The molecule has 0 aliphatic carbocycles. The van der Waals surface area contributed by atoms with Crippen LogP contribution in [-0.2, 0) is 46.5 Å². The van der Waals surface area contributed by atoms with E-state index < -0.39 is 113 Å². The summed E-state index contributed by atoms with van der Waals surface area (Å²) in [4.78, 5) is 134. The molecule has 11 heterocycles. The zero-order valence-electron chi connectivity index (χ0n) is 49.6. The molecule has 1 saturated heterocycles. The van der Waals surface area contributed by atoms with E-state index in [1.54, 1.807) is 51.5 Å². The van der Waals surface area contributed by atoms with Gasteiger partial charge in [-0.05, 0) is 59.5 Å². The number of primary amides is 1. The number of pyridine rings is 1. The van der Waals surface area contributed by atoms with Crippen molar-refractivity contribution in [3.05, 3.63) is 112 Å². The molecule has 4 aliphatic rings. The second kappa shape index (κ2) is 25.8. The number of hydrogen-bond acceptors (Lipinski definition) is 28. The van der Waals surface area contributed by atoms with E-state index in [-0.39, 0.29) is 106 Å². The number of aliphatic hydroxyl groups excluding tert-OH is 1. The molecule has 4 aliphatic heterocycles. The van der Waals surface area contributed by atoms with Gasteiger partial charge in [-0.25, -0.2) is 34.7 Å². The Balaban J connectivity index is 1.04. The first-order valence-corrected chi connectivity index (χ1v) is 33.6. The second-order valence-electron chi connectivity index (χ2n) is 22.3. The van der Waals surface area contributed by atoms with Crippen molar-refractivity contribution in [2.45, 2.75) is 108 Å². The zero-order chi connectivity index (χ0) is 65.2. The number of amides is 5. The van der Waals surface area contributed by atoms with E-state index in [1.807, 2.05) is 4.90 Å². The monoisotopic (exact) mass is 1370 g/mol. The molecular weight excluding hydrogens is 1310 g/mol. The van der Waals surface area contributed by atoms with Crippen LogP contribution in [0.2, 0.25) is 0 Å². The van der Waals surface area contributed by atoms with E-state index >= 15 is 14.4 Å². The molecule has 7 aromatic heterocycles. The normalized spacial score (nSPS) is 25.0. The van der Waals surface area contributed by atoms with Crippen LogP contribution in [-0.4, -0.2) is 171 Å². The summed E-state index contributed by atoms with van der Waals surface area (Å²) in [6.07, 6.45) is -7.09. The van der Waals surface area contributed by atoms with Crippen LogP contribution in [0.25, 0.3) is 49.3 Å². The average Bonchev–Trinajstić information content (AvgIpc) is 1.86. The molecule has 10 N–H and O–H groups in total. The molecule has 28 nitrogen and oxygen atoms in total. The number of benzene rings is 1. The number of methoxy groups -OCH3 is 1. The van der Waals surface area contributed by atoms with Crippen LogP contribution in [0.1, 0.15) is 125 Å². The number of H-pyrrole nitrogens is 1. The van der Waals surface area contributed by atoms with Crippen LogP contribution in [0, 0.1) is 0 Å². The minimum absolute atomic E-state index is 0.0132. The van der Waals surface area contributed by atoms with E-state index in [1.165, 1.54) is 48.5 Å². The Labute approximate surface area is 546 Å². The number of aromatic nitrogens is 7. The molecule has 12 bridgehead atoms. The summed E-state index contributed by atoms with van der Waals surface area (Å²) in [7, 11) is 4.92. The van der Waals surface area contributed by atoms with E-state index in [0.29, 0.717) is 22.0 Å². The number of likely N-dealkylation sites (N-methyl/N-ethyl adjacent to an activating group) is 1. The van der Waals surface area contributed by atoms with Gasteiger partial charge in [-0.2, -0.15) is 0 Å². The number of nitrogens with zero attached hydrogens (tertiary/aromatic N) is 7. The summed E-state index contributed by atoms with van der Waals surface area (Å²) in [5.41, 5.74) is 5.13. The third kappa shape index (κ3) is 12.6. The number of fused-ring (bicyclic) bond motifs is 15. The predicted molar refractivity (Wildman–Crippen MR) is 338 cm³/mol. The van der Waals surface area contributed by atoms with Crippen molar-refractivity contribution in [1.82, 2.24) is 61.1 Å². The molecule has 10 atom stereocenters. The number of aliphatic hydroxyl groups is 2. The van der Waals surface area contributed by atoms with Gasteiger partial charge in [0.2, 0.25) is 11.0 Å². The Bertz CT molecular complexity index is 4300. The smallest absolute Gasteiger partial charge is 0.338 e. The highest BCUT2D eigenvalue weighted by molar-refractivity contribution is 8.14. The fourth-order valence-corrected chi connectivity index (χ4v) is 16.6. The number of thioether (sulfide) groups is 1. The number of nitrogens with one attached hydrogen (secondary N) is 5. The number of hydrogen-bond donors (Lipinski definition) is 9. The zero-order valence-corrected chi connectivity index (χ0v) is 54.5. The minimum Gasteiger partial charge on any atom is -0.506 e. The highest BCUT2D eigenvalue weighted by Gasteiger charge is 2.50. The van der Waals surface area contributed by atoms with Crippen LogP contribution >= 0.6 is 68.4 Å². The van der Waals surface area contributed by atoms with Crippen LogP contribution < -0.4 is 27.0 Å². The number of carbonyl (C=O) groups excluding carboxylic acids is 7. The van der Waals surface area contributed by atoms with Gasteiger partial charge in [-0.1, -0.05) is 23.9 Å². The first kappa shape index (κ1) is 64.1. The topological polar surface area (TPSA) is 397 Å². The van der Waals surface area contributed by atoms with Crippen molar-refractivity contribution < 1.29 is 72.6 Å². The van der Waals surface area contributed by atoms with Gasteiger partial charge >= 0.3 is 5.97 Å². The lowest BCUT2D eigenvalue weighted by Gasteiger charge is -2.48. The van der Waals surface area contributed by atoms with Gasteiger partial charge in [0.25, 0.3) is 23.6 Å². The van der Waals surface area contributed by atoms with Gasteiger partial charge in [0.1, 0.15) is 107 Å². The van der Waals surface area contributed by atoms with E-state index in [0.717, 1.165) is 68.4 Å². The van der Waals surface area contributed by atoms with Crippen LogP contribution in [0.4, 0.5) is 0 Å². The number of ether oxygens (including phenoxy) is 5. The predicted octanol–water partition coefficient (Wildman–Crippen LogP) is 5.27. The molecule has 1 aromatic carbocycles. The maximum atomic E-state index is 15.1. The lowest BCUT2D eigenvalue weighted by atomic mass is 9.85. The number of cyclic esters (lactones) is 1. The minimum atomic E-state index is -1.81. The third-order valence-corrected chi connectivity index (χ3v) is 21.1. The molecule has 0 spiro atoms. The van der Waals surface area contributed by atoms with E-state index in [2.05, 4.69) is 41.2 Å². The van der Waals surface area contributed by atoms with E-state index in [4.69, 9.17) is 44.4 Å². The Morgan fingerprint density at radius 3 is 2.23 bits per heavy atom. The van der Waals surface area contributed by atoms with Crippen molar-refractivity contribution in [3.63, 3.8) is 0 Å². The quantitative estimate of drug-likeness (QED) is 0.0725. The highest BCUT2D eigenvalue weighted by atomic mass is 32.2. The Morgan fingerprint density at radius 1 is 0.837 bits per heavy atom. The summed E-state index contributed by atoms with van der Waals surface area (Å²) in [5, 5.41) is 53.7. The number of aromatic amines is 1. The third-order valence-electron chi connectivity index (χ3n) is 15.6. The molecule has 34 heteroatoms. The average molecular weight is 1370 g/mol. The maximum Gasteiger partial charge on any atom is 0.338 e. The summed E-state index contributed by atoms with van der Waals surface area (Å²) >= 11 is 5.73. The molecule has 480 valence electrons. The number of aromatic hydroxyl groups is 1. The summed E-state index contributed by atoms with van der Waals surface area (Å²) in [6, 6.07) is 1.78. The van der Waals surface area contributed by atoms with Crippen molar-refractivity contribution in [1.29, 1.82) is 0 Å². The summed E-state index contributed by atoms with van der Waals surface area (Å²) in [6.45, 7) is 5.43. The SMILES string of the molecule is CO/C(C)=C1/NC(=O)[C@H]([C@@H](C)O)NC(=O)c2csc(n2)-c2cc(O)c(-c3nc(C(N)=O)cs3)nc2-c2csc(n2)[C@@H]2CSC(=O)c3[nH]c4cccc5c4c3COC(C(O[C@H]3C[C@](C)(O)[C@H](N(C)C)[C@H](C)O3)C(=O)OC5)[C@H](NC(=O)c3csc1n3)c1nc(cs1)C(=O)N2. The first-order chi connectivity index (χ1) is 43.9. The fourth-order valence-electron chi connectivity index (χ4n) is 11.4. The lowest BCUT2D eigenvalue weighted by Crippen LogP contribution is -2.62. The van der Waals surface area contributed by atoms with Crippen LogP contribution in [0.3, 0.4) is 0 Å². The molecule has 2 unspecified atom stereocenters. The Hall–Kier alpha value is -8.00. The largest absolute Gasteiger partial charge is 0.506 e. The maximum absolute atomic E-state index is 15.1. The van der Waals surface area contributed by atoms with Crippen LogP contribution in [0.15, 0.2) is 56.9 Å². The van der Waals surface area contributed by atoms with Crippen LogP contribution in [0.5, 0.6) is 5.75 Å². The Kier molecular flexibility index (Phi) is 18.0. The number of allylic oxidation sites excluding steroid dienone is 1. The highest BCUT2D eigenvalue weighted by Crippen LogP contribution is 2.43. The molecule has 5 amide bonds. The van der Waals surface area contributed by atoms with Gasteiger partial charge < -0.3 is 75.9 Å². The molecule has 12 rings (SSSR count). The summed E-state index contributed by atoms with van der Waals surface area (Å²) in [5.74, 6) is -5.70. The van der Waals surface area contributed by atoms with E-state index in [9.17, 15) is 34.5 Å². The first-order valence-electron chi connectivity index (χ1n) is 28.2. The van der Waals surface area contributed by atoms with Gasteiger partial charge in [-0.3, -0.25) is 28.8 Å². The van der Waals surface area contributed by atoms with Gasteiger partial charge in [0.05, 0.1) is 49.3 Å². The molecule has 0 saturated carbocycles. The number of esters is 1. The van der Waals surface area contributed by atoms with Crippen molar-refractivity contribution >= 4 is 126 Å². The number of nitrogens with two attached hydrogens (primary N) is 1. The lowest BCUT2D eigenvalue weighted by molar-refractivity contribution is -0.280. The van der Waals surface area contributed by atoms with Crippen molar-refractivity contribution in [3.8, 4) is 38.4 Å². The van der Waals surface area contributed by atoms with Crippen molar-refractivity contribution in [2.24, 2.45) is 5.73 Å². The summed E-state index contributed by atoms with van der Waals surface area (Å²) < 4.78 is 31.8. The van der Waals surface area contributed by atoms with Gasteiger partial charge in [0.15, 0.2) is 12.4 Å². The fraction of sp³-hybridized carbons (Fsp3) is 0.362. The number of rotatable bonds is 7. The Morgan fingerprint density at radius 2 is 1.51 bits per heavy atom. The molecule has 8 aromatic rings. The number of carbonyl (C=O) groups is 7. The molecule has 1 fully saturated rings. The second-order valence-corrected chi connectivity index (χ2v) is 27.6. The van der Waals surface area contributed by atoms with Crippen molar-refractivity contribution in [2.75, 3.05) is 27.0 Å². The standard InChI is InChI=1S/C58H57N13O15S6/c1-21(72)37-50(78)69-38(22(2)82-7)53-65-32(19-90-53)49(77)70-42-43-44(86-35-12-58(4,81)45(71(5)6)23(3)85-35)56(79)84-13-24-9-8-10-27-36(24)26(14-83-43)40(60-27)57(80)92-20-33(61-47(75)30-18-91-55(42)66-30)52-62-28(15-88-52)39-25(51-64-31(17-87-51)48(76)68-37)11-34(73)41(67-39)54-63-29(16-89-54)46(59)74/h8-11,15-19,21,23,33,35,37,42-45,60,72-73,81H,12-14,20H2,1-7H3,(H2,59,74)(H,61,75)(H,68,76)(H,69,78)(H,70,77)/b38-22+/t21-,23+,33+,35+,37+,42+,43?,44?,45-,58+/m1/s1. The molecule has 0 radical (unpaired) electrons. The van der Waals surface area contributed by atoms with Gasteiger partial charge in [-0.15, -0.1) is 56.7 Å². The molecular formula is C58H57N13O15S6. The van der Waals surface area contributed by atoms with Gasteiger partial charge in [0, 0.05) is 61.1 Å². The number of thiazole rings is 5. The molecule has 92 heavy (non-hydrogen) atoms.